The molecule has 0 atom stereocenters. The van der Waals surface area contributed by atoms with Crippen molar-refractivity contribution in [3.63, 3.8) is 0 Å². The van der Waals surface area contributed by atoms with Gasteiger partial charge in [0, 0.05) is 47.7 Å². The van der Waals surface area contributed by atoms with E-state index in [2.05, 4.69) is 35.6 Å². The predicted octanol–water partition coefficient (Wildman–Crippen LogP) is 7.05. The molecular formula is C35H29N7O4. The second kappa shape index (κ2) is 15.3. The Morgan fingerprint density at radius 1 is 0.630 bits per heavy atom. The van der Waals surface area contributed by atoms with Gasteiger partial charge in [-0.1, -0.05) is 29.8 Å². The van der Waals surface area contributed by atoms with Crippen molar-refractivity contribution in [2.24, 2.45) is 0 Å². The Morgan fingerprint density at radius 2 is 1.35 bits per heavy atom. The molecule has 0 spiro atoms. The number of ether oxygens (including phenoxy) is 2. The molecule has 46 heavy (non-hydrogen) atoms. The van der Waals surface area contributed by atoms with Crippen molar-refractivity contribution in [2.45, 2.75) is 13.8 Å². The van der Waals surface area contributed by atoms with E-state index in [4.69, 9.17) is 9.47 Å². The highest BCUT2D eigenvalue weighted by molar-refractivity contribution is 6.04. The summed E-state index contributed by atoms with van der Waals surface area (Å²) in [5.74, 6) is 1.81. The number of carbonyl (C=O) groups is 2. The van der Waals surface area contributed by atoms with Gasteiger partial charge in [0.15, 0.2) is 0 Å². The second-order valence-electron chi connectivity index (χ2n) is 9.77. The fraction of sp³-hybridized carbons (Fsp3) is 0.0571. The van der Waals surface area contributed by atoms with Gasteiger partial charge >= 0.3 is 0 Å². The van der Waals surface area contributed by atoms with E-state index in [1.54, 1.807) is 104 Å². The molecule has 11 nitrogen and oxygen atoms in total. The summed E-state index contributed by atoms with van der Waals surface area (Å²) in [4.78, 5) is 44.9. The zero-order chi connectivity index (χ0) is 32.1. The number of aromatic nitrogens is 5. The van der Waals surface area contributed by atoms with Crippen molar-refractivity contribution in [3.05, 3.63) is 151 Å². The molecule has 1 aromatic carbocycles. The van der Waals surface area contributed by atoms with E-state index < -0.39 is 0 Å². The summed E-state index contributed by atoms with van der Waals surface area (Å²) in [5, 5.41) is 5.54. The van der Waals surface area contributed by atoms with E-state index in [1.165, 1.54) is 0 Å². The number of benzene rings is 1. The zero-order valence-corrected chi connectivity index (χ0v) is 25.0. The second-order valence-corrected chi connectivity index (χ2v) is 9.77. The van der Waals surface area contributed by atoms with Gasteiger partial charge in [0.05, 0.1) is 12.4 Å². The van der Waals surface area contributed by atoms with E-state index in [1.807, 2.05) is 38.1 Å². The summed E-state index contributed by atoms with van der Waals surface area (Å²) < 4.78 is 11.2. The van der Waals surface area contributed by atoms with E-state index in [9.17, 15) is 9.59 Å². The number of carbonyl (C=O) groups excluding carboxylic acids is 2. The largest absolute Gasteiger partial charge is 0.437 e. The number of amides is 2. The van der Waals surface area contributed by atoms with Gasteiger partial charge in [-0.2, -0.15) is 4.98 Å². The summed E-state index contributed by atoms with van der Waals surface area (Å²) in [6, 6.07) is 28.3. The maximum absolute atomic E-state index is 12.3. The molecule has 0 unspecified atom stereocenters. The maximum atomic E-state index is 12.3. The number of hydrogen-bond acceptors (Lipinski definition) is 9. The third-order valence-electron chi connectivity index (χ3n) is 6.07. The first-order valence-corrected chi connectivity index (χ1v) is 14.1. The zero-order valence-electron chi connectivity index (χ0n) is 25.0. The Morgan fingerprint density at radius 3 is 2.04 bits per heavy atom. The van der Waals surface area contributed by atoms with Crippen LogP contribution in [0.2, 0.25) is 0 Å². The third kappa shape index (κ3) is 9.25. The molecule has 2 N–H and O–H groups in total. The first kappa shape index (κ1) is 31.0. The topological polar surface area (TPSA) is 141 Å². The van der Waals surface area contributed by atoms with Crippen LogP contribution in [-0.4, -0.2) is 36.7 Å². The quantitative estimate of drug-likeness (QED) is 0.185. The van der Waals surface area contributed by atoms with E-state index >= 15 is 0 Å². The fourth-order valence-electron chi connectivity index (χ4n) is 3.98. The van der Waals surface area contributed by atoms with Crippen LogP contribution in [-0.2, 0) is 0 Å². The van der Waals surface area contributed by atoms with Gasteiger partial charge < -0.3 is 20.1 Å². The summed E-state index contributed by atoms with van der Waals surface area (Å²) in [6.07, 6.45) is 8.09. The Hall–Kier alpha value is -6.49. The van der Waals surface area contributed by atoms with E-state index in [-0.39, 0.29) is 11.8 Å². The molecule has 0 radical (unpaired) electrons. The van der Waals surface area contributed by atoms with Gasteiger partial charge in [0.2, 0.25) is 11.8 Å². The summed E-state index contributed by atoms with van der Waals surface area (Å²) in [5.41, 5.74) is 3.37. The molecule has 6 aromatic rings. The van der Waals surface area contributed by atoms with E-state index in [0.717, 1.165) is 11.3 Å². The minimum absolute atomic E-state index is 0.174. The molecule has 228 valence electrons. The molecule has 5 heterocycles. The van der Waals surface area contributed by atoms with Crippen molar-refractivity contribution in [3.8, 4) is 23.3 Å². The molecule has 0 saturated carbocycles. The lowest BCUT2D eigenvalue weighted by Crippen LogP contribution is -2.14. The SMILES string of the molecule is Cc1cccc(C(=O)Nc2cccc(Oc3cccnc3)n2)n1.Cc1cccc(C(=O)Nc2ccnc(Oc3cccnc3)c2)c1. The van der Waals surface area contributed by atoms with Crippen LogP contribution >= 0.6 is 0 Å². The van der Waals surface area contributed by atoms with Gasteiger partial charge in [-0.15, -0.1) is 0 Å². The Balaban J connectivity index is 0.000000181. The van der Waals surface area contributed by atoms with E-state index in [0.29, 0.717) is 46.0 Å². The molecule has 2 amide bonds. The lowest BCUT2D eigenvalue weighted by Gasteiger charge is -2.08. The van der Waals surface area contributed by atoms with Crippen LogP contribution in [0.5, 0.6) is 23.3 Å². The third-order valence-corrected chi connectivity index (χ3v) is 6.07. The predicted molar refractivity (Wildman–Crippen MR) is 173 cm³/mol. The molecular weight excluding hydrogens is 582 g/mol. The van der Waals surface area contributed by atoms with Gasteiger partial charge in [-0.25, -0.2) is 9.97 Å². The van der Waals surface area contributed by atoms with Crippen LogP contribution in [0.4, 0.5) is 11.5 Å². The molecule has 0 aliphatic rings. The summed E-state index contributed by atoms with van der Waals surface area (Å²) in [7, 11) is 0. The number of anilines is 2. The molecule has 0 saturated heterocycles. The van der Waals surface area contributed by atoms with Crippen molar-refractivity contribution in [1.82, 2.24) is 24.9 Å². The van der Waals surface area contributed by atoms with Gasteiger partial charge in [-0.3, -0.25) is 19.6 Å². The number of nitrogens with zero attached hydrogens (tertiary/aromatic N) is 5. The minimum Gasteiger partial charge on any atom is -0.437 e. The lowest BCUT2D eigenvalue weighted by atomic mass is 10.1. The van der Waals surface area contributed by atoms with Gasteiger partial charge in [0.1, 0.15) is 23.0 Å². The first-order valence-electron chi connectivity index (χ1n) is 14.1. The molecule has 0 fully saturated rings. The summed E-state index contributed by atoms with van der Waals surface area (Å²) >= 11 is 0. The van der Waals surface area contributed by atoms with Crippen LogP contribution in [0.25, 0.3) is 0 Å². The standard InChI is InChI=1S/C18H15N3O2.C17H14N4O2/c1-13-4-2-5-14(10-13)18(22)21-15-7-9-20-17(11-15)23-16-6-3-8-19-12-16;1-12-5-2-7-14(19-12)17(22)21-15-8-3-9-16(20-15)23-13-6-4-10-18-11-13/h2-12H,1H3,(H,20,21,22);2-11H,1H3,(H,20,21,22). The highest BCUT2D eigenvalue weighted by Crippen LogP contribution is 2.22. The maximum Gasteiger partial charge on any atom is 0.275 e. The van der Waals surface area contributed by atoms with Crippen LogP contribution < -0.4 is 20.1 Å². The van der Waals surface area contributed by atoms with Crippen molar-refractivity contribution >= 4 is 23.3 Å². The Bertz CT molecular complexity index is 1780. The van der Waals surface area contributed by atoms with Crippen molar-refractivity contribution in [2.75, 3.05) is 10.6 Å². The normalized spacial score (nSPS) is 10.1. The molecule has 6 rings (SSSR count). The number of aryl methyl sites for hydroxylation is 2. The van der Waals surface area contributed by atoms with Crippen molar-refractivity contribution in [1.29, 1.82) is 0 Å². The molecule has 0 aliphatic heterocycles. The average Bonchev–Trinajstić information content (AvgIpc) is 3.06. The highest BCUT2D eigenvalue weighted by Gasteiger charge is 2.10. The summed E-state index contributed by atoms with van der Waals surface area (Å²) in [6.45, 7) is 3.78. The number of hydrogen-bond donors (Lipinski definition) is 2. The number of pyridine rings is 5. The minimum atomic E-state index is -0.320. The Labute approximate surface area is 265 Å². The van der Waals surface area contributed by atoms with Crippen molar-refractivity contribution < 1.29 is 19.1 Å². The smallest absolute Gasteiger partial charge is 0.275 e. The Kier molecular flexibility index (Phi) is 10.3. The first-order chi connectivity index (χ1) is 22.4. The van der Waals surface area contributed by atoms with Crippen LogP contribution in [0, 0.1) is 13.8 Å². The van der Waals surface area contributed by atoms with Crippen LogP contribution in [0.3, 0.4) is 0 Å². The highest BCUT2D eigenvalue weighted by atomic mass is 16.5. The number of nitrogens with one attached hydrogen (secondary N) is 2. The van der Waals surface area contributed by atoms with Gasteiger partial charge in [0.25, 0.3) is 11.8 Å². The molecule has 5 aromatic heterocycles. The lowest BCUT2D eigenvalue weighted by molar-refractivity contribution is 0.101. The van der Waals surface area contributed by atoms with Crippen LogP contribution in [0.1, 0.15) is 32.1 Å². The number of rotatable bonds is 8. The molecule has 0 bridgehead atoms. The van der Waals surface area contributed by atoms with Gasteiger partial charge in [-0.05, 0) is 74.5 Å². The monoisotopic (exact) mass is 611 g/mol. The molecule has 0 aliphatic carbocycles. The average molecular weight is 612 g/mol. The molecule has 11 heteroatoms. The fourth-order valence-corrected chi connectivity index (χ4v) is 3.98. The van der Waals surface area contributed by atoms with Crippen LogP contribution in [0.15, 0.2) is 128 Å².